The van der Waals surface area contributed by atoms with Crippen LogP contribution in [0.15, 0.2) is 35.4 Å². The first-order valence-electron chi connectivity index (χ1n) is 8.32. The summed E-state index contributed by atoms with van der Waals surface area (Å²) in [6, 6.07) is 5.48. The molecule has 2 aromatic rings. The number of aromatic amines is 1. The highest BCUT2D eigenvalue weighted by Gasteiger charge is 2.28. The molecule has 1 aliphatic rings. The smallest absolute Gasteiger partial charge is 0.341 e. The Morgan fingerprint density at radius 1 is 1.29 bits per heavy atom. The number of carbonyl (C=O) groups excluding carboxylic acids is 2. The molecule has 1 aromatic carbocycles. The molecule has 0 unspecified atom stereocenters. The van der Waals surface area contributed by atoms with E-state index in [4.69, 9.17) is 0 Å². The van der Waals surface area contributed by atoms with Crippen LogP contribution in [0.25, 0.3) is 0 Å². The van der Waals surface area contributed by atoms with Crippen LogP contribution in [0.1, 0.15) is 20.8 Å². The van der Waals surface area contributed by atoms with Crippen molar-refractivity contribution in [2.75, 3.05) is 37.0 Å². The molecule has 28 heavy (non-hydrogen) atoms. The molecule has 0 spiro atoms. The average Bonchev–Trinajstić information content (AvgIpc) is 3.21. The first kappa shape index (κ1) is 20.2. The minimum absolute atomic E-state index is 0.0000348. The van der Waals surface area contributed by atoms with Crippen LogP contribution in [-0.4, -0.2) is 66.4 Å². The van der Waals surface area contributed by atoms with Gasteiger partial charge in [0.1, 0.15) is 16.2 Å². The van der Waals surface area contributed by atoms with Crippen LogP contribution in [0.4, 0.5) is 5.69 Å². The molecule has 1 amide bonds. The first-order chi connectivity index (χ1) is 13.3. The van der Waals surface area contributed by atoms with Crippen LogP contribution in [0.2, 0.25) is 0 Å². The second-order valence-electron chi connectivity index (χ2n) is 5.91. The Morgan fingerprint density at radius 2 is 2.00 bits per heavy atom. The standard InChI is InChI=1S/C17H19N3O6S2/c1-26-17(23)12-3-2-4-13(15(12)21)19-16(22)14-9-11(10-18-14)28(24,25)20-5-7-27-8-6-20/h2-4,9-10,18,21H,5-8H2,1H3,(H,19,22). The number of anilines is 1. The molecule has 1 aliphatic heterocycles. The Labute approximate surface area is 166 Å². The van der Waals surface area contributed by atoms with Gasteiger partial charge in [-0.05, 0) is 18.2 Å². The maximum absolute atomic E-state index is 12.7. The summed E-state index contributed by atoms with van der Waals surface area (Å²) in [4.78, 5) is 26.7. The summed E-state index contributed by atoms with van der Waals surface area (Å²) in [5, 5.41) is 12.6. The van der Waals surface area contributed by atoms with E-state index in [1.807, 2.05) is 0 Å². The lowest BCUT2D eigenvalue weighted by Crippen LogP contribution is -2.37. The largest absolute Gasteiger partial charge is 0.505 e. The van der Waals surface area contributed by atoms with Gasteiger partial charge in [-0.25, -0.2) is 13.2 Å². The van der Waals surface area contributed by atoms with E-state index in [-0.39, 0.29) is 21.8 Å². The Hall–Kier alpha value is -2.50. The molecular formula is C17H19N3O6S2. The van der Waals surface area contributed by atoms with Gasteiger partial charge in [-0.2, -0.15) is 16.1 Å². The Bertz CT molecular complexity index is 996. The third-order valence-corrected chi connectivity index (χ3v) is 7.02. The fourth-order valence-corrected chi connectivity index (χ4v) is 5.27. The Kier molecular flexibility index (Phi) is 5.96. The number of aromatic hydroxyl groups is 1. The molecule has 3 N–H and O–H groups in total. The maximum atomic E-state index is 12.7. The van der Waals surface area contributed by atoms with Gasteiger partial charge in [-0.3, -0.25) is 4.79 Å². The number of sulfonamides is 1. The summed E-state index contributed by atoms with van der Waals surface area (Å²) in [6.45, 7) is 0.849. The number of hydrogen-bond donors (Lipinski definition) is 3. The van der Waals surface area contributed by atoms with Crippen molar-refractivity contribution in [1.82, 2.24) is 9.29 Å². The maximum Gasteiger partial charge on any atom is 0.341 e. The highest BCUT2D eigenvalue weighted by Crippen LogP contribution is 2.28. The molecule has 1 fully saturated rings. The second kappa shape index (κ2) is 8.25. The van der Waals surface area contributed by atoms with Crippen molar-refractivity contribution in [2.24, 2.45) is 0 Å². The highest BCUT2D eigenvalue weighted by molar-refractivity contribution is 7.99. The number of nitrogens with one attached hydrogen (secondary N) is 2. The predicted octanol–water partition coefficient (Wildman–Crippen LogP) is 1.50. The summed E-state index contributed by atoms with van der Waals surface area (Å²) >= 11 is 1.69. The van der Waals surface area contributed by atoms with Crippen LogP contribution in [-0.2, 0) is 14.8 Å². The number of methoxy groups -OCH3 is 1. The van der Waals surface area contributed by atoms with Crippen molar-refractivity contribution >= 4 is 39.3 Å². The van der Waals surface area contributed by atoms with Crippen LogP contribution >= 0.6 is 11.8 Å². The number of hydrogen-bond acceptors (Lipinski definition) is 7. The van der Waals surface area contributed by atoms with Crippen molar-refractivity contribution in [2.45, 2.75) is 4.90 Å². The van der Waals surface area contributed by atoms with Crippen LogP contribution in [0.3, 0.4) is 0 Å². The van der Waals surface area contributed by atoms with Crippen LogP contribution in [0, 0.1) is 0 Å². The molecule has 9 nitrogen and oxygen atoms in total. The Balaban J connectivity index is 1.79. The van der Waals surface area contributed by atoms with Gasteiger partial charge in [-0.15, -0.1) is 0 Å². The number of H-pyrrole nitrogens is 1. The summed E-state index contributed by atoms with van der Waals surface area (Å²) < 4.78 is 31.3. The number of benzene rings is 1. The molecule has 1 saturated heterocycles. The lowest BCUT2D eigenvalue weighted by atomic mass is 10.1. The van der Waals surface area contributed by atoms with Gasteiger partial charge in [-0.1, -0.05) is 6.07 Å². The molecule has 0 saturated carbocycles. The molecule has 2 heterocycles. The minimum Gasteiger partial charge on any atom is -0.505 e. The van der Waals surface area contributed by atoms with E-state index >= 15 is 0 Å². The SMILES string of the molecule is COC(=O)c1cccc(NC(=O)c2cc(S(=O)(=O)N3CCSCC3)c[nH]2)c1O. The Morgan fingerprint density at radius 3 is 2.68 bits per heavy atom. The zero-order valence-electron chi connectivity index (χ0n) is 15.0. The molecule has 0 aliphatic carbocycles. The number of carbonyl (C=O) groups is 2. The van der Waals surface area contributed by atoms with Gasteiger partial charge >= 0.3 is 5.97 Å². The number of nitrogens with zero attached hydrogens (tertiary/aromatic N) is 1. The topological polar surface area (TPSA) is 129 Å². The number of aromatic nitrogens is 1. The van der Waals surface area contributed by atoms with E-state index in [2.05, 4.69) is 15.0 Å². The van der Waals surface area contributed by atoms with Crippen molar-refractivity contribution in [3.8, 4) is 5.75 Å². The third-order valence-electron chi connectivity index (χ3n) is 4.20. The van der Waals surface area contributed by atoms with Crippen molar-refractivity contribution in [3.63, 3.8) is 0 Å². The van der Waals surface area contributed by atoms with Crippen molar-refractivity contribution in [3.05, 3.63) is 41.7 Å². The molecule has 0 atom stereocenters. The van der Waals surface area contributed by atoms with E-state index in [9.17, 15) is 23.1 Å². The van der Waals surface area contributed by atoms with Crippen LogP contribution in [0.5, 0.6) is 5.75 Å². The lowest BCUT2D eigenvalue weighted by molar-refractivity contribution is 0.0597. The van der Waals surface area contributed by atoms with E-state index < -0.39 is 27.6 Å². The van der Waals surface area contributed by atoms with Gasteiger partial charge in [0, 0.05) is 30.8 Å². The van der Waals surface area contributed by atoms with E-state index in [1.54, 1.807) is 11.8 Å². The summed E-state index contributed by atoms with van der Waals surface area (Å²) in [5.41, 5.74) is -0.0918. The van der Waals surface area contributed by atoms with E-state index in [0.717, 1.165) is 11.5 Å². The molecule has 3 rings (SSSR count). The fourth-order valence-electron chi connectivity index (χ4n) is 2.70. The number of phenols is 1. The highest BCUT2D eigenvalue weighted by atomic mass is 32.2. The van der Waals surface area contributed by atoms with E-state index in [1.165, 1.54) is 41.9 Å². The number of para-hydroxylation sites is 1. The predicted molar refractivity (Wildman–Crippen MR) is 104 cm³/mol. The van der Waals surface area contributed by atoms with Gasteiger partial charge in [0.05, 0.1) is 12.8 Å². The summed E-state index contributed by atoms with van der Waals surface area (Å²) in [6.07, 6.45) is 1.26. The molecule has 150 valence electrons. The van der Waals surface area contributed by atoms with Gasteiger partial charge in [0.2, 0.25) is 10.0 Å². The van der Waals surface area contributed by atoms with Crippen molar-refractivity contribution in [1.29, 1.82) is 0 Å². The molecular weight excluding hydrogens is 406 g/mol. The zero-order valence-corrected chi connectivity index (χ0v) is 16.6. The van der Waals surface area contributed by atoms with Gasteiger partial charge in [0.15, 0.2) is 5.75 Å². The zero-order chi connectivity index (χ0) is 20.3. The number of rotatable bonds is 5. The third kappa shape index (κ3) is 4.01. The second-order valence-corrected chi connectivity index (χ2v) is 9.08. The number of thioether (sulfide) groups is 1. The molecule has 0 bridgehead atoms. The molecule has 11 heteroatoms. The lowest BCUT2D eigenvalue weighted by Gasteiger charge is -2.24. The van der Waals surface area contributed by atoms with E-state index in [0.29, 0.717) is 13.1 Å². The number of ether oxygens (including phenoxy) is 1. The summed E-state index contributed by atoms with van der Waals surface area (Å²) in [5.74, 6) is -0.387. The number of amides is 1. The van der Waals surface area contributed by atoms with Crippen molar-refractivity contribution < 1.29 is 27.9 Å². The average molecular weight is 425 g/mol. The fraction of sp³-hybridized carbons (Fsp3) is 0.294. The van der Waals surface area contributed by atoms with Crippen LogP contribution < -0.4 is 5.32 Å². The normalized spacial score (nSPS) is 15.2. The van der Waals surface area contributed by atoms with Gasteiger partial charge in [0.25, 0.3) is 5.91 Å². The molecule has 1 aromatic heterocycles. The number of phenolic OH excluding ortho intramolecular Hbond substituents is 1. The first-order valence-corrected chi connectivity index (χ1v) is 10.9. The minimum atomic E-state index is -3.68. The quantitative estimate of drug-likeness (QED) is 0.489. The molecule has 0 radical (unpaired) electrons. The summed E-state index contributed by atoms with van der Waals surface area (Å²) in [7, 11) is -2.50. The number of esters is 1. The van der Waals surface area contributed by atoms with Gasteiger partial charge < -0.3 is 20.1 Å². The monoisotopic (exact) mass is 425 g/mol.